The first-order valence-corrected chi connectivity index (χ1v) is 5.94. The van der Waals surface area contributed by atoms with Crippen molar-refractivity contribution < 1.29 is 19.3 Å². The zero-order chi connectivity index (χ0) is 13.8. The number of hydrogen-bond donors (Lipinski definition) is 2. The van der Waals surface area contributed by atoms with Gasteiger partial charge in [0.25, 0.3) is 0 Å². The molecule has 0 fully saturated rings. The summed E-state index contributed by atoms with van der Waals surface area (Å²) in [5.74, 6) is -0.189. The Balaban J connectivity index is 2.05. The second-order valence-corrected chi connectivity index (χ2v) is 4.32. The maximum absolute atomic E-state index is 13.7. The first-order valence-electron chi connectivity index (χ1n) is 5.94. The van der Waals surface area contributed by atoms with Gasteiger partial charge in [-0.15, -0.1) is 0 Å². The predicted molar refractivity (Wildman–Crippen MR) is 69.5 cm³/mol. The third kappa shape index (κ3) is 3.45. The number of ether oxygens (including phenoxy) is 1. The monoisotopic (exact) mass is 262 g/mol. The van der Waals surface area contributed by atoms with E-state index in [4.69, 9.17) is 9.84 Å². The second-order valence-electron chi connectivity index (χ2n) is 4.32. The van der Waals surface area contributed by atoms with E-state index in [9.17, 15) is 9.50 Å². The van der Waals surface area contributed by atoms with E-state index in [1.54, 1.807) is 37.3 Å². The quantitative estimate of drug-likeness (QED) is 0.889. The molecule has 1 atom stereocenters. The third-order valence-electron chi connectivity index (χ3n) is 2.77. The molecule has 0 aromatic heterocycles. The average Bonchev–Trinajstić information content (AvgIpc) is 2.39. The molecule has 2 aromatic rings. The fourth-order valence-electron chi connectivity index (χ4n) is 1.65. The lowest BCUT2D eigenvalue weighted by molar-refractivity contribution is 0.198. The third-order valence-corrected chi connectivity index (χ3v) is 2.77. The van der Waals surface area contributed by atoms with E-state index in [-0.39, 0.29) is 18.1 Å². The maximum atomic E-state index is 13.7. The Hall–Kier alpha value is -2.07. The zero-order valence-electron chi connectivity index (χ0n) is 10.5. The molecule has 0 aliphatic heterocycles. The number of hydrogen-bond acceptors (Lipinski definition) is 3. The number of halogens is 1. The van der Waals surface area contributed by atoms with Crippen LogP contribution in [-0.2, 0) is 6.61 Å². The van der Waals surface area contributed by atoms with E-state index in [2.05, 4.69) is 0 Å². The van der Waals surface area contributed by atoms with Gasteiger partial charge in [0.15, 0.2) is 11.6 Å². The molecular weight excluding hydrogens is 247 g/mol. The number of benzene rings is 2. The molecule has 100 valence electrons. The molecule has 0 aliphatic carbocycles. The van der Waals surface area contributed by atoms with Crippen LogP contribution in [0.25, 0.3) is 0 Å². The Bertz CT molecular complexity index is 550. The second kappa shape index (κ2) is 5.71. The van der Waals surface area contributed by atoms with Crippen LogP contribution in [0, 0.1) is 5.82 Å². The molecule has 0 saturated heterocycles. The summed E-state index contributed by atoms with van der Waals surface area (Å²) in [7, 11) is 0. The van der Waals surface area contributed by atoms with E-state index >= 15 is 0 Å². The van der Waals surface area contributed by atoms with Crippen molar-refractivity contribution in [3.8, 4) is 11.5 Å². The van der Waals surface area contributed by atoms with Gasteiger partial charge in [0.2, 0.25) is 0 Å². The van der Waals surface area contributed by atoms with Crippen molar-refractivity contribution in [3.63, 3.8) is 0 Å². The highest BCUT2D eigenvalue weighted by Gasteiger charge is 2.08. The van der Waals surface area contributed by atoms with E-state index in [1.807, 2.05) is 0 Å². The first-order chi connectivity index (χ1) is 9.06. The summed E-state index contributed by atoms with van der Waals surface area (Å²) in [6.45, 7) is 1.79. The Labute approximate surface area is 110 Å². The molecule has 0 unspecified atom stereocenters. The summed E-state index contributed by atoms with van der Waals surface area (Å²) in [6, 6.07) is 10.9. The van der Waals surface area contributed by atoms with Crippen molar-refractivity contribution in [1.82, 2.24) is 0 Å². The van der Waals surface area contributed by atoms with Gasteiger partial charge in [-0.2, -0.15) is 0 Å². The number of rotatable bonds is 4. The topological polar surface area (TPSA) is 49.7 Å². The summed E-state index contributed by atoms with van der Waals surface area (Å²) in [6.07, 6.45) is -0.708. The highest BCUT2D eigenvalue weighted by Crippen LogP contribution is 2.23. The molecule has 0 amide bonds. The van der Waals surface area contributed by atoms with E-state index in [0.717, 1.165) is 5.56 Å². The lowest BCUT2D eigenvalue weighted by atomic mass is 10.1. The standard InChI is InChI=1S/C15H15FO3/c1-10(17)12-4-7-15(14(16)8-12)19-9-11-2-5-13(18)6-3-11/h2-8,10,17-18H,9H2,1H3/t10-/m0/s1. The normalized spacial score (nSPS) is 12.2. The van der Waals surface area contributed by atoms with Gasteiger partial charge in [-0.1, -0.05) is 18.2 Å². The fraction of sp³-hybridized carbons (Fsp3) is 0.200. The molecule has 2 rings (SSSR count). The minimum Gasteiger partial charge on any atom is -0.508 e. The Morgan fingerprint density at radius 2 is 1.84 bits per heavy atom. The zero-order valence-corrected chi connectivity index (χ0v) is 10.5. The SMILES string of the molecule is C[C@H](O)c1ccc(OCc2ccc(O)cc2)c(F)c1. The van der Waals surface area contributed by atoms with Gasteiger partial charge >= 0.3 is 0 Å². The van der Waals surface area contributed by atoms with Gasteiger partial charge in [0.1, 0.15) is 12.4 Å². The lowest BCUT2D eigenvalue weighted by Crippen LogP contribution is -1.99. The van der Waals surface area contributed by atoms with Gasteiger partial charge < -0.3 is 14.9 Å². The van der Waals surface area contributed by atoms with Gasteiger partial charge in [0.05, 0.1) is 6.10 Å². The predicted octanol–water partition coefficient (Wildman–Crippen LogP) is 3.16. The molecule has 19 heavy (non-hydrogen) atoms. The molecule has 2 aromatic carbocycles. The van der Waals surface area contributed by atoms with Crippen molar-refractivity contribution >= 4 is 0 Å². The van der Waals surface area contributed by atoms with Gasteiger partial charge in [-0.3, -0.25) is 0 Å². The van der Waals surface area contributed by atoms with Crippen molar-refractivity contribution in [3.05, 3.63) is 59.4 Å². The van der Waals surface area contributed by atoms with Crippen LogP contribution >= 0.6 is 0 Å². The first kappa shape index (κ1) is 13.4. The molecule has 4 heteroatoms. The van der Waals surface area contributed by atoms with Crippen LogP contribution in [0.2, 0.25) is 0 Å². The highest BCUT2D eigenvalue weighted by atomic mass is 19.1. The molecule has 0 radical (unpaired) electrons. The van der Waals surface area contributed by atoms with E-state index in [1.165, 1.54) is 12.1 Å². The van der Waals surface area contributed by atoms with Crippen molar-refractivity contribution in [2.24, 2.45) is 0 Å². The highest BCUT2D eigenvalue weighted by molar-refractivity contribution is 5.31. The van der Waals surface area contributed by atoms with Crippen LogP contribution in [0.4, 0.5) is 4.39 Å². The minimum atomic E-state index is -0.708. The average molecular weight is 262 g/mol. The van der Waals surface area contributed by atoms with Crippen LogP contribution in [0.5, 0.6) is 11.5 Å². The molecule has 0 saturated carbocycles. The van der Waals surface area contributed by atoms with Crippen molar-refractivity contribution in [1.29, 1.82) is 0 Å². The van der Waals surface area contributed by atoms with Crippen LogP contribution in [0.15, 0.2) is 42.5 Å². The van der Waals surface area contributed by atoms with Crippen LogP contribution < -0.4 is 4.74 Å². The van der Waals surface area contributed by atoms with Gasteiger partial charge in [-0.25, -0.2) is 4.39 Å². The molecule has 0 heterocycles. The minimum absolute atomic E-state index is 0.137. The van der Waals surface area contributed by atoms with Crippen LogP contribution in [0.3, 0.4) is 0 Å². The van der Waals surface area contributed by atoms with Crippen molar-refractivity contribution in [2.75, 3.05) is 0 Å². The van der Waals surface area contributed by atoms with E-state index < -0.39 is 11.9 Å². The summed E-state index contributed by atoms with van der Waals surface area (Å²) in [5.41, 5.74) is 1.34. The molecule has 0 spiro atoms. The number of aromatic hydroxyl groups is 1. The summed E-state index contributed by atoms with van der Waals surface area (Å²) < 4.78 is 19.1. The van der Waals surface area contributed by atoms with Gasteiger partial charge in [0, 0.05) is 0 Å². The number of aliphatic hydroxyl groups is 1. The molecule has 0 aliphatic rings. The summed E-state index contributed by atoms with van der Waals surface area (Å²) in [5, 5.41) is 18.5. The maximum Gasteiger partial charge on any atom is 0.165 e. The van der Waals surface area contributed by atoms with Crippen LogP contribution in [-0.4, -0.2) is 10.2 Å². The largest absolute Gasteiger partial charge is 0.508 e. The molecule has 3 nitrogen and oxygen atoms in total. The summed E-state index contributed by atoms with van der Waals surface area (Å²) >= 11 is 0. The van der Waals surface area contributed by atoms with Gasteiger partial charge in [-0.05, 0) is 42.3 Å². The van der Waals surface area contributed by atoms with E-state index in [0.29, 0.717) is 5.56 Å². The van der Waals surface area contributed by atoms with Crippen molar-refractivity contribution in [2.45, 2.75) is 19.6 Å². The van der Waals surface area contributed by atoms with Crippen LogP contribution in [0.1, 0.15) is 24.2 Å². The smallest absolute Gasteiger partial charge is 0.165 e. The lowest BCUT2D eigenvalue weighted by Gasteiger charge is -2.10. The Morgan fingerprint density at radius 1 is 1.16 bits per heavy atom. The molecule has 0 bridgehead atoms. The summed E-state index contributed by atoms with van der Waals surface area (Å²) in [4.78, 5) is 0. The fourth-order valence-corrected chi connectivity index (χ4v) is 1.65. The molecule has 2 N–H and O–H groups in total. The Morgan fingerprint density at radius 3 is 2.42 bits per heavy atom. The number of phenols is 1. The number of phenolic OH excluding ortho intramolecular Hbond substituents is 1. The Kier molecular flexibility index (Phi) is 4.02. The number of aliphatic hydroxyl groups excluding tert-OH is 1. The molecular formula is C15H15FO3.